The van der Waals surface area contributed by atoms with Crippen molar-refractivity contribution in [2.75, 3.05) is 11.1 Å². The number of nitro groups is 1. The Kier molecular flexibility index (Phi) is 3.78. The van der Waals surface area contributed by atoms with Gasteiger partial charge in [0.05, 0.1) is 20.7 Å². The van der Waals surface area contributed by atoms with Gasteiger partial charge in [0.25, 0.3) is 5.69 Å². The summed E-state index contributed by atoms with van der Waals surface area (Å²) in [4.78, 5) is 27.1. The van der Waals surface area contributed by atoms with E-state index >= 15 is 0 Å². The van der Waals surface area contributed by atoms with Gasteiger partial charge in [0.2, 0.25) is 5.91 Å². The van der Waals surface area contributed by atoms with E-state index in [1.165, 1.54) is 23.5 Å². The third-order valence-corrected chi connectivity index (χ3v) is 5.96. The number of nitrogens with zero attached hydrogens (tertiary/aromatic N) is 3. The maximum Gasteiger partial charge on any atom is 0.269 e. The standard InChI is InChI=1S/C18H13N5O3S/c1-8-12(7-19)17(20)22-15-14-11(6-13(24)21-18(14)27-16(8)15)9-2-4-10(5-3-9)23(25)26/h2-5,11H,6H2,1H3,(H2,20,22)(H,21,24). The van der Waals surface area contributed by atoms with Gasteiger partial charge in [-0.05, 0) is 18.1 Å². The Morgan fingerprint density at radius 3 is 2.74 bits per heavy atom. The smallest absolute Gasteiger partial charge is 0.269 e. The molecule has 9 heteroatoms. The molecule has 1 unspecified atom stereocenters. The lowest BCUT2D eigenvalue weighted by Gasteiger charge is -2.23. The Morgan fingerprint density at radius 1 is 1.41 bits per heavy atom. The zero-order chi connectivity index (χ0) is 19.3. The molecule has 3 aromatic rings. The molecule has 0 aliphatic carbocycles. The molecule has 0 saturated heterocycles. The van der Waals surface area contributed by atoms with Crippen molar-refractivity contribution in [2.24, 2.45) is 0 Å². The number of amides is 1. The fraction of sp³-hybridized carbons (Fsp3) is 0.167. The number of rotatable bonds is 2. The summed E-state index contributed by atoms with van der Waals surface area (Å²) in [6.07, 6.45) is 0.206. The predicted octanol–water partition coefficient (Wildman–Crippen LogP) is 3.44. The third kappa shape index (κ3) is 2.58. The van der Waals surface area contributed by atoms with Crippen LogP contribution in [0.1, 0.15) is 34.6 Å². The molecule has 1 aromatic carbocycles. The zero-order valence-electron chi connectivity index (χ0n) is 14.1. The topological polar surface area (TPSA) is 135 Å². The van der Waals surface area contributed by atoms with Crippen LogP contribution in [0.5, 0.6) is 0 Å². The number of aryl methyl sites for hydroxylation is 1. The van der Waals surface area contributed by atoms with Crippen LogP contribution in [0.3, 0.4) is 0 Å². The van der Waals surface area contributed by atoms with Crippen molar-refractivity contribution in [1.29, 1.82) is 5.26 Å². The van der Waals surface area contributed by atoms with Gasteiger partial charge in [-0.3, -0.25) is 14.9 Å². The lowest BCUT2D eigenvalue weighted by molar-refractivity contribution is -0.384. The Hall–Kier alpha value is -3.51. The Bertz CT molecular complexity index is 1160. The highest BCUT2D eigenvalue weighted by Gasteiger charge is 2.32. The van der Waals surface area contributed by atoms with Crippen LogP contribution in [0.4, 0.5) is 16.5 Å². The number of nitrogen functional groups attached to an aromatic ring is 1. The first-order valence-corrected chi connectivity index (χ1v) is 8.89. The van der Waals surface area contributed by atoms with Gasteiger partial charge >= 0.3 is 0 Å². The SMILES string of the molecule is Cc1c(C#N)c(N)nc2c3c(sc12)NC(=O)CC3c1ccc([N+](=O)[O-])cc1. The number of nitrogens with two attached hydrogens (primary N) is 1. The molecule has 1 amide bonds. The molecule has 1 aliphatic rings. The van der Waals surface area contributed by atoms with Crippen molar-refractivity contribution >= 4 is 44.0 Å². The summed E-state index contributed by atoms with van der Waals surface area (Å²) in [5.74, 6) is -0.270. The second-order valence-corrected chi connectivity index (χ2v) is 7.31. The van der Waals surface area contributed by atoms with E-state index in [1.807, 2.05) is 6.92 Å². The number of nitro benzene ring substituents is 1. The van der Waals surface area contributed by atoms with Crippen LogP contribution in [0.15, 0.2) is 24.3 Å². The number of nitrogens with one attached hydrogen (secondary N) is 1. The number of hydrogen-bond acceptors (Lipinski definition) is 7. The number of carbonyl (C=O) groups excluding carboxylic acids is 1. The number of anilines is 2. The summed E-state index contributed by atoms with van der Waals surface area (Å²) < 4.78 is 0.805. The van der Waals surface area contributed by atoms with Crippen LogP contribution >= 0.6 is 11.3 Å². The van der Waals surface area contributed by atoms with Crippen molar-refractivity contribution in [3.8, 4) is 6.07 Å². The maximum atomic E-state index is 12.2. The highest BCUT2D eigenvalue weighted by molar-refractivity contribution is 7.23. The maximum absolute atomic E-state index is 12.2. The van der Waals surface area contributed by atoms with Crippen LogP contribution in [0.25, 0.3) is 10.2 Å². The normalized spacial score (nSPS) is 15.9. The van der Waals surface area contributed by atoms with Crippen LogP contribution in [-0.4, -0.2) is 15.8 Å². The summed E-state index contributed by atoms with van der Waals surface area (Å²) in [6, 6.07) is 8.25. The summed E-state index contributed by atoms with van der Waals surface area (Å²) in [5.41, 5.74) is 9.31. The third-order valence-electron chi connectivity index (χ3n) is 4.73. The van der Waals surface area contributed by atoms with Gasteiger partial charge in [-0.15, -0.1) is 11.3 Å². The van der Waals surface area contributed by atoms with Gasteiger partial charge in [-0.1, -0.05) is 12.1 Å². The minimum absolute atomic E-state index is 0.00807. The molecule has 1 atom stereocenters. The van der Waals surface area contributed by atoms with Crippen molar-refractivity contribution in [3.05, 3.63) is 56.6 Å². The lowest BCUT2D eigenvalue weighted by atomic mass is 9.86. The van der Waals surface area contributed by atoms with E-state index in [4.69, 9.17) is 5.73 Å². The molecule has 134 valence electrons. The minimum Gasteiger partial charge on any atom is -0.383 e. The first-order valence-electron chi connectivity index (χ1n) is 8.07. The van der Waals surface area contributed by atoms with Gasteiger partial charge in [0.15, 0.2) is 0 Å². The Balaban J connectivity index is 1.94. The summed E-state index contributed by atoms with van der Waals surface area (Å²) in [5, 5.41) is 23.8. The Morgan fingerprint density at radius 2 is 2.11 bits per heavy atom. The molecule has 0 radical (unpaired) electrons. The molecule has 0 spiro atoms. The average Bonchev–Trinajstić information content (AvgIpc) is 3.00. The van der Waals surface area contributed by atoms with Crippen LogP contribution in [0, 0.1) is 28.4 Å². The van der Waals surface area contributed by atoms with Gasteiger partial charge < -0.3 is 11.1 Å². The van der Waals surface area contributed by atoms with E-state index in [2.05, 4.69) is 16.4 Å². The largest absolute Gasteiger partial charge is 0.383 e. The van der Waals surface area contributed by atoms with Gasteiger partial charge in [-0.2, -0.15) is 5.26 Å². The van der Waals surface area contributed by atoms with Crippen molar-refractivity contribution < 1.29 is 9.72 Å². The van der Waals surface area contributed by atoms with Crippen molar-refractivity contribution in [2.45, 2.75) is 19.3 Å². The van der Waals surface area contributed by atoms with E-state index in [1.54, 1.807) is 12.1 Å². The lowest BCUT2D eigenvalue weighted by Crippen LogP contribution is -2.22. The minimum atomic E-state index is -0.461. The Labute approximate surface area is 157 Å². The monoisotopic (exact) mass is 379 g/mol. The summed E-state index contributed by atoms with van der Waals surface area (Å²) in [7, 11) is 0. The van der Waals surface area contributed by atoms with Crippen molar-refractivity contribution in [1.82, 2.24) is 4.98 Å². The number of hydrogen-bond donors (Lipinski definition) is 2. The number of nitriles is 1. The van der Waals surface area contributed by atoms with Crippen LogP contribution in [0.2, 0.25) is 0 Å². The van der Waals surface area contributed by atoms with E-state index in [0.29, 0.717) is 16.1 Å². The molecule has 8 nitrogen and oxygen atoms in total. The van der Waals surface area contributed by atoms with Crippen molar-refractivity contribution in [3.63, 3.8) is 0 Å². The molecule has 3 heterocycles. The second kappa shape index (κ2) is 6.03. The molecular formula is C18H13N5O3S. The van der Waals surface area contributed by atoms with Gasteiger partial charge in [-0.25, -0.2) is 4.98 Å². The fourth-order valence-electron chi connectivity index (χ4n) is 3.42. The van der Waals surface area contributed by atoms with E-state index in [9.17, 15) is 20.2 Å². The van der Waals surface area contributed by atoms with Gasteiger partial charge in [0, 0.05) is 30.0 Å². The zero-order valence-corrected chi connectivity index (χ0v) is 15.0. The molecule has 0 bridgehead atoms. The molecule has 4 rings (SSSR count). The number of non-ortho nitro benzene ring substituents is 1. The van der Waals surface area contributed by atoms with Crippen LogP contribution in [-0.2, 0) is 4.79 Å². The number of carbonyl (C=O) groups is 1. The molecule has 0 saturated carbocycles. The number of benzene rings is 1. The molecule has 27 heavy (non-hydrogen) atoms. The fourth-order valence-corrected chi connectivity index (χ4v) is 4.64. The number of thiophene rings is 1. The highest BCUT2D eigenvalue weighted by Crippen LogP contribution is 2.47. The summed E-state index contributed by atoms with van der Waals surface area (Å²) in [6.45, 7) is 1.81. The highest BCUT2D eigenvalue weighted by atomic mass is 32.1. The van der Waals surface area contributed by atoms with E-state index in [0.717, 1.165) is 21.4 Å². The number of fused-ring (bicyclic) bond motifs is 3. The summed E-state index contributed by atoms with van der Waals surface area (Å²) >= 11 is 1.37. The molecule has 0 fully saturated rings. The average molecular weight is 379 g/mol. The second-order valence-electron chi connectivity index (χ2n) is 6.28. The molecule has 1 aliphatic heterocycles. The quantitative estimate of drug-likeness (QED) is 0.517. The molecule has 3 N–H and O–H groups in total. The van der Waals surface area contributed by atoms with E-state index < -0.39 is 4.92 Å². The van der Waals surface area contributed by atoms with Crippen LogP contribution < -0.4 is 11.1 Å². The first kappa shape index (κ1) is 16.9. The number of pyridine rings is 1. The molecule has 2 aromatic heterocycles. The number of aromatic nitrogens is 1. The van der Waals surface area contributed by atoms with Gasteiger partial charge in [0.1, 0.15) is 16.9 Å². The molecular weight excluding hydrogens is 366 g/mol. The van der Waals surface area contributed by atoms with E-state index in [-0.39, 0.29) is 29.8 Å². The first-order chi connectivity index (χ1) is 12.9. The predicted molar refractivity (Wildman–Crippen MR) is 102 cm³/mol.